The quantitative estimate of drug-likeness (QED) is 0.717. The molecule has 0 bridgehead atoms. The van der Waals surface area contributed by atoms with Gasteiger partial charge in [-0.05, 0) is 35.7 Å². The van der Waals surface area contributed by atoms with Gasteiger partial charge in [0.25, 0.3) is 0 Å². The SMILES string of the molecule is COc1cnc2cccc(N3CCc4ccccc4C3)c2c1. The first kappa shape index (κ1) is 13.1. The van der Waals surface area contributed by atoms with Gasteiger partial charge in [0, 0.05) is 24.2 Å². The Hall–Kier alpha value is -2.55. The number of hydrogen-bond acceptors (Lipinski definition) is 3. The van der Waals surface area contributed by atoms with Gasteiger partial charge in [0.05, 0.1) is 18.8 Å². The molecule has 0 unspecified atom stereocenters. The highest BCUT2D eigenvalue weighted by molar-refractivity contribution is 5.92. The van der Waals surface area contributed by atoms with Crippen LogP contribution < -0.4 is 9.64 Å². The number of methoxy groups -OCH3 is 1. The summed E-state index contributed by atoms with van der Waals surface area (Å²) in [5.41, 5.74) is 5.13. The number of anilines is 1. The molecule has 110 valence electrons. The number of fused-ring (bicyclic) bond motifs is 2. The molecule has 0 spiro atoms. The summed E-state index contributed by atoms with van der Waals surface area (Å²) in [7, 11) is 1.68. The minimum Gasteiger partial charge on any atom is -0.495 e. The average molecular weight is 290 g/mol. The van der Waals surface area contributed by atoms with Crippen LogP contribution in [0.25, 0.3) is 10.9 Å². The van der Waals surface area contributed by atoms with Crippen LogP contribution in [0.5, 0.6) is 5.75 Å². The van der Waals surface area contributed by atoms with Crippen molar-refractivity contribution in [1.29, 1.82) is 0 Å². The molecule has 0 amide bonds. The number of benzene rings is 2. The second-order valence-electron chi connectivity index (χ2n) is 5.66. The van der Waals surface area contributed by atoms with Crippen LogP contribution in [-0.4, -0.2) is 18.6 Å². The van der Waals surface area contributed by atoms with Crippen LogP contribution in [0.1, 0.15) is 11.1 Å². The molecule has 0 fully saturated rings. The maximum Gasteiger partial charge on any atom is 0.137 e. The average Bonchev–Trinajstić information content (AvgIpc) is 2.60. The fourth-order valence-electron chi connectivity index (χ4n) is 3.20. The molecule has 4 rings (SSSR count). The molecule has 1 aromatic heterocycles. The van der Waals surface area contributed by atoms with Gasteiger partial charge in [-0.15, -0.1) is 0 Å². The molecule has 1 aliphatic heterocycles. The summed E-state index contributed by atoms with van der Waals surface area (Å²) in [6.45, 7) is 1.99. The van der Waals surface area contributed by atoms with Gasteiger partial charge >= 0.3 is 0 Å². The number of nitrogens with zero attached hydrogens (tertiary/aromatic N) is 2. The number of hydrogen-bond donors (Lipinski definition) is 0. The van der Waals surface area contributed by atoms with Crippen LogP contribution in [0.4, 0.5) is 5.69 Å². The Morgan fingerprint density at radius 3 is 2.77 bits per heavy atom. The molecule has 0 saturated carbocycles. The van der Waals surface area contributed by atoms with Gasteiger partial charge in [0.15, 0.2) is 0 Å². The third kappa shape index (κ3) is 2.19. The van der Waals surface area contributed by atoms with Crippen LogP contribution in [0, 0.1) is 0 Å². The molecule has 0 N–H and O–H groups in total. The van der Waals surface area contributed by atoms with Gasteiger partial charge in [0.2, 0.25) is 0 Å². The fraction of sp³-hybridized carbons (Fsp3) is 0.211. The molecule has 22 heavy (non-hydrogen) atoms. The number of pyridine rings is 1. The molecule has 3 nitrogen and oxygen atoms in total. The van der Waals surface area contributed by atoms with Gasteiger partial charge in [-0.25, -0.2) is 0 Å². The number of aromatic nitrogens is 1. The van der Waals surface area contributed by atoms with E-state index in [-0.39, 0.29) is 0 Å². The van der Waals surface area contributed by atoms with Crippen molar-refractivity contribution < 1.29 is 4.74 Å². The van der Waals surface area contributed by atoms with Gasteiger partial charge < -0.3 is 9.64 Å². The lowest BCUT2D eigenvalue weighted by Gasteiger charge is -2.31. The molecule has 3 heteroatoms. The zero-order chi connectivity index (χ0) is 14.9. The van der Waals surface area contributed by atoms with Crippen LogP contribution >= 0.6 is 0 Å². The largest absolute Gasteiger partial charge is 0.495 e. The second-order valence-corrected chi connectivity index (χ2v) is 5.66. The highest BCUT2D eigenvalue weighted by Crippen LogP contribution is 2.31. The fourth-order valence-corrected chi connectivity index (χ4v) is 3.20. The molecule has 1 aliphatic rings. The van der Waals surface area contributed by atoms with E-state index in [9.17, 15) is 0 Å². The molecular weight excluding hydrogens is 272 g/mol. The van der Waals surface area contributed by atoms with Crippen molar-refractivity contribution in [2.75, 3.05) is 18.6 Å². The van der Waals surface area contributed by atoms with E-state index in [1.807, 2.05) is 0 Å². The van der Waals surface area contributed by atoms with Crippen molar-refractivity contribution in [3.8, 4) is 5.75 Å². The van der Waals surface area contributed by atoms with E-state index in [0.29, 0.717) is 0 Å². The lowest BCUT2D eigenvalue weighted by Crippen LogP contribution is -2.30. The summed E-state index contributed by atoms with van der Waals surface area (Å²) in [6.07, 6.45) is 2.86. The minimum atomic E-state index is 0.803. The van der Waals surface area contributed by atoms with E-state index in [0.717, 1.165) is 36.2 Å². The second kappa shape index (κ2) is 5.34. The molecule has 2 aromatic carbocycles. The molecule has 0 radical (unpaired) electrons. The van der Waals surface area contributed by atoms with Crippen molar-refractivity contribution in [2.24, 2.45) is 0 Å². The summed E-state index contributed by atoms with van der Waals surface area (Å²) in [4.78, 5) is 6.94. The lowest BCUT2D eigenvalue weighted by atomic mass is 9.99. The molecule has 0 saturated heterocycles. The smallest absolute Gasteiger partial charge is 0.137 e. The van der Waals surface area contributed by atoms with Crippen molar-refractivity contribution >= 4 is 16.6 Å². The number of ether oxygens (including phenoxy) is 1. The monoisotopic (exact) mass is 290 g/mol. The normalized spacial score (nSPS) is 14.0. The van der Waals surface area contributed by atoms with E-state index in [2.05, 4.69) is 58.4 Å². The molecule has 3 aromatic rings. The molecular formula is C19H18N2O. The predicted octanol–water partition coefficient (Wildman–Crippen LogP) is 3.81. The Kier molecular flexibility index (Phi) is 3.19. The topological polar surface area (TPSA) is 25.4 Å². The van der Waals surface area contributed by atoms with Gasteiger partial charge in [-0.3, -0.25) is 4.98 Å². The zero-order valence-electron chi connectivity index (χ0n) is 12.6. The summed E-state index contributed by atoms with van der Waals surface area (Å²) in [5.74, 6) is 0.803. The van der Waals surface area contributed by atoms with Crippen LogP contribution in [-0.2, 0) is 13.0 Å². The summed E-state index contributed by atoms with van der Waals surface area (Å²) in [5, 5.41) is 1.15. The van der Waals surface area contributed by atoms with Crippen molar-refractivity contribution in [3.63, 3.8) is 0 Å². The number of rotatable bonds is 2. The molecule has 2 heterocycles. The Morgan fingerprint density at radius 2 is 1.91 bits per heavy atom. The maximum atomic E-state index is 5.34. The van der Waals surface area contributed by atoms with Gasteiger partial charge in [0.1, 0.15) is 5.75 Å². The van der Waals surface area contributed by atoms with Crippen LogP contribution in [0.3, 0.4) is 0 Å². The van der Waals surface area contributed by atoms with Gasteiger partial charge in [-0.2, -0.15) is 0 Å². The first-order valence-electron chi connectivity index (χ1n) is 7.59. The lowest BCUT2D eigenvalue weighted by molar-refractivity contribution is 0.414. The third-order valence-corrected chi connectivity index (χ3v) is 4.38. The summed E-state index contributed by atoms with van der Waals surface area (Å²) < 4.78 is 5.34. The molecule has 0 aliphatic carbocycles. The van der Waals surface area contributed by atoms with Crippen molar-refractivity contribution in [1.82, 2.24) is 4.98 Å². The van der Waals surface area contributed by atoms with Crippen LogP contribution in [0.15, 0.2) is 54.7 Å². The third-order valence-electron chi connectivity index (χ3n) is 4.38. The minimum absolute atomic E-state index is 0.803. The van der Waals surface area contributed by atoms with E-state index >= 15 is 0 Å². The standard InChI is InChI=1S/C19H18N2O/c1-22-16-11-17-18(20-12-16)7-4-8-19(17)21-10-9-14-5-2-3-6-15(14)13-21/h2-8,11-12H,9-10,13H2,1H3. The van der Waals surface area contributed by atoms with Crippen molar-refractivity contribution in [2.45, 2.75) is 13.0 Å². The maximum absolute atomic E-state index is 5.34. The Morgan fingerprint density at radius 1 is 1.05 bits per heavy atom. The predicted molar refractivity (Wildman–Crippen MR) is 89.5 cm³/mol. The van der Waals surface area contributed by atoms with Gasteiger partial charge in [-0.1, -0.05) is 30.3 Å². The Bertz CT molecular complexity index is 829. The highest BCUT2D eigenvalue weighted by Gasteiger charge is 2.18. The first-order valence-corrected chi connectivity index (χ1v) is 7.59. The van der Waals surface area contributed by atoms with E-state index in [4.69, 9.17) is 4.74 Å². The van der Waals surface area contributed by atoms with E-state index < -0.39 is 0 Å². The Labute approximate surface area is 130 Å². The van der Waals surface area contributed by atoms with E-state index in [1.54, 1.807) is 13.3 Å². The highest BCUT2D eigenvalue weighted by atomic mass is 16.5. The Balaban J connectivity index is 1.78. The van der Waals surface area contributed by atoms with E-state index in [1.165, 1.54) is 16.8 Å². The molecule has 0 atom stereocenters. The first-order chi connectivity index (χ1) is 10.8. The summed E-state index contributed by atoms with van der Waals surface area (Å²) >= 11 is 0. The zero-order valence-corrected chi connectivity index (χ0v) is 12.6. The van der Waals surface area contributed by atoms with Crippen molar-refractivity contribution in [3.05, 3.63) is 65.9 Å². The van der Waals surface area contributed by atoms with Crippen LogP contribution in [0.2, 0.25) is 0 Å². The summed E-state index contributed by atoms with van der Waals surface area (Å²) in [6, 6.07) is 17.1.